The summed E-state index contributed by atoms with van der Waals surface area (Å²) in [6.07, 6.45) is 0.814. The molecule has 102 valence electrons. The Morgan fingerprint density at radius 2 is 2.06 bits per heavy atom. The summed E-state index contributed by atoms with van der Waals surface area (Å²) in [5.74, 6) is -1.70. The molecule has 2 N–H and O–H groups in total. The molecular weight excluding hydrogens is 258 g/mol. The summed E-state index contributed by atoms with van der Waals surface area (Å²) in [7, 11) is -3.80. The average molecular weight is 275 g/mol. The Morgan fingerprint density at radius 1 is 1.44 bits per heavy atom. The molecule has 0 aliphatic rings. The van der Waals surface area contributed by atoms with Crippen LogP contribution in [0.5, 0.6) is 0 Å². The van der Waals surface area contributed by atoms with E-state index in [2.05, 4.69) is 4.72 Å². The van der Waals surface area contributed by atoms with E-state index in [1.807, 2.05) is 20.8 Å². The second-order valence-corrected chi connectivity index (χ2v) is 6.46. The second-order valence-electron chi connectivity index (χ2n) is 4.77. The lowest BCUT2D eigenvalue weighted by Gasteiger charge is -2.22. The van der Waals surface area contributed by atoms with E-state index in [1.54, 1.807) is 0 Å². The number of aromatic carboxylic acids is 1. The first-order valence-corrected chi connectivity index (χ1v) is 6.99. The van der Waals surface area contributed by atoms with Gasteiger partial charge in [-0.05, 0) is 24.0 Å². The van der Waals surface area contributed by atoms with Gasteiger partial charge in [0.1, 0.15) is 0 Å². The monoisotopic (exact) mass is 275 g/mol. The van der Waals surface area contributed by atoms with Crippen molar-refractivity contribution in [3.63, 3.8) is 0 Å². The van der Waals surface area contributed by atoms with E-state index in [4.69, 9.17) is 9.52 Å². The standard InChI is InChI=1S/C11H17NO5S/c1-4-11(2,3)7-12-18(15,16)9-6-5-8(17-9)10(13)14/h5-6,12H,4,7H2,1-3H3,(H,13,14). The number of carboxylic acid groups (broad SMARTS) is 1. The Balaban J connectivity index is 2.83. The molecule has 0 radical (unpaired) electrons. The molecule has 0 aromatic carbocycles. The summed E-state index contributed by atoms with van der Waals surface area (Å²) < 4.78 is 30.8. The van der Waals surface area contributed by atoms with Crippen LogP contribution in [0.15, 0.2) is 21.6 Å². The molecule has 18 heavy (non-hydrogen) atoms. The summed E-state index contributed by atoms with van der Waals surface area (Å²) in [5, 5.41) is 8.27. The molecule has 1 aromatic heterocycles. The molecule has 0 aliphatic carbocycles. The van der Waals surface area contributed by atoms with E-state index < -0.39 is 21.8 Å². The number of hydrogen-bond donors (Lipinski definition) is 2. The van der Waals surface area contributed by atoms with Crippen molar-refractivity contribution in [3.8, 4) is 0 Å². The Hall–Kier alpha value is -1.34. The molecule has 0 fully saturated rings. The number of sulfonamides is 1. The molecule has 0 amide bonds. The fourth-order valence-electron chi connectivity index (χ4n) is 1.07. The largest absolute Gasteiger partial charge is 0.475 e. The van der Waals surface area contributed by atoms with E-state index in [0.29, 0.717) is 0 Å². The summed E-state index contributed by atoms with van der Waals surface area (Å²) in [5.41, 5.74) is -0.171. The highest BCUT2D eigenvalue weighted by Gasteiger charge is 2.24. The fourth-order valence-corrected chi connectivity index (χ4v) is 2.24. The maximum atomic E-state index is 11.8. The van der Waals surface area contributed by atoms with Gasteiger partial charge in [-0.15, -0.1) is 0 Å². The zero-order chi connectivity index (χ0) is 14.0. The third kappa shape index (κ3) is 3.58. The first-order chi connectivity index (χ1) is 8.18. The van der Waals surface area contributed by atoms with Crippen LogP contribution in [0.25, 0.3) is 0 Å². The number of hydrogen-bond acceptors (Lipinski definition) is 4. The van der Waals surface area contributed by atoms with Gasteiger partial charge in [-0.3, -0.25) is 0 Å². The van der Waals surface area contributed by atoms with Crippen LogP contribution in [0.4, 0.5) is 0 Å². The van der Waals surface area contributed by atoms with E-state index >= 15 is 0 Å². The number of rotatable bonds is 6. The van der Waals surface area contributed by atoms with Gasteiger partial charge in [0.25, 0.3) is 10.0 Å². The van der Waals surface area contributed by atoms with Gasteiger partial charge in [-0.1, -0.05) is 20.8 Å². The predicted molar refractivity (Wildman–Crippen MR) is 64.9 cm³/mol. The van der Waals surface area contributed by atoms with E-state index in [-0.39, 0.29) is 17.1 Å². The molecule has 0 spiro atoms. The zero-order valence-electron chi connectivity index (χ0n) is 10.6. The minimum atomic E-state index is -3.80. The quantitative estimate of drug-likeness (QED) is 0.823. The van der Waals surface area contributed by atoms with Gasteiger partial charge >= 0.3 is 5.97 Å². The van der Waals surface area contributed by atoms with Crippen LogP contribution < -0.4 is 4.72 Å². The second kappa shape index (κ2) is 5.11. The van der Waals surface area contributed by atoms with Crippen LogP contribution >= 0.6 is 0 Å². The highest BCUT2D eigenvalue weighted by Crippen LogP contribution is 2.20. The molecule has 0 aliphatic heterocycles. The third-order valence-electron chi connectivity index (χ3n) is 2.75. The Bertz CT molecular complexity index is 529. The summed E-state index contributed by atoms with van der Waals surface area (Å²) in [6.45, 7) is 6.08. The summed E-state index contributed by atoms with van der Waals surface area (Å²) in [4.78, 5) is 10.6. The molecule has 1 heterocycles. The van der Waals surface area contributed by atoms with Crippen LogP contribution in [0.1, 0.15) is 37.7 Å². The number of carbonyl (C=O) groups is 1. The van der Waals surface area contributed by atoms with Gasteiger partial charge in [-0.2, -0.15) is 0 Å². The molecule has 7 heteroatoms. The SMILES string of the molecule is CCC(C)(C)CNS(=O)(=O)c1ccc(C(=O)O)o1. The van der Waals surface area contributed by atoms with Crippen molar-refractivity contribution in [1.29, 1.82) is 0 Å². The molecule has 0 unspecified atom stereocenters. The maximum Gasteiger partial charge on any atom is 0.371 e. The van der Waals surface area contributed by atoms with Gasteiger partial charge in [0.15, 0.2) is 0 Å². The molecule has 1 aromatic rings. The van der Waals surface area contributed by atoms with Gasteiger partial charge in [0, 0.05) is 6.54 Å². The van der Waals surface area contributed by atoms with Crippen molar-refractivity contribution in [2.24, 2.45) is 5.41 Å². The third-order valence-corrected chi connectivity index (χ3v) is 4.03. The van der Waals surface area contributed by atoms with Crippen molar-refractivity contribution >= 4 is 16.0 Å². The minimum absolute atomic E-state index is 0.171. The van der Waals surface area contributed by atoms with Crippen molar-refractivity contribution in [2.45, 2.75) is 32.3 Å². The molecule has 0 saturated heterocycles. The first kappa shape index (κ1) is 14.7. The zero-order valence-corrected chi connectivity index (χ0v) is 11.4. The number of furan rings is 1. The minimum Gasteiger partial charge on any atom is -0.475 e. The summed E-state index contributed by atoms with van der Waals surface area (Å²) >= 11 is 0. The Morgan fingerprint density at radius 3 is 2.50 bits per heavy atom. The molecule has 6 nitrogen and oxygen atoms in total. The normalized spacial score (nSPS) is 12.6. The lowest BCUT2D eigenvalue weighted by Crippen LogP contribution is -2.33. The highest BCUT2D eigenvalue weighted by atomic mass is 32.2. The van der Waals surface area contributed by atoms with Crippen molar-refractivity contribution in [1.82, 2.24) is 4.72 Å². The Kier molecular flexibility index (Phi) is 4.18. The smallest absolute Gasteiger partial charge is 0.371 e. The maximum absolute atomic E-state index is 11.8. The topological polar surface area (TPSA) is 96.6 Å². The number of nitrogens with one attached hydrogen (secondary N) is 1. The first-order valence-electron chi connectivity index (χ1n) is 5.51. The predicted octanol–water partition coefficient (Wildman–Crippen LogP) is 1.69. The van der Waals surface area contributed by atoms with E-state index in [9.17, 15) is 13.2 Å². The lowest BCUT2D eigenvalue weighted by molar-refractivity contribution is 0.0656. The average Bonchev–Trinajstić information content (AvgIpc) is 2.77. The van der Waals surface area contributed by atoms with Crippen LogP contribution in [0, 0.1) is 5.41 Å². The van der Waals surface area contributed by atoms with Crippen molar-refractivity contribution in [3.05, 3.63) is 17.9 Å². The molecule has 0 atom stereocenters. The van der Waals surface area contributed by atoms with Gasteiger partial charge in [0.05, 0.1) is 0 Å². The molecule has 0 bridgehead atoms. The van der Waals surface area contributed by atoms with Gasteiger partial charge < -0.3 is 9.52 Å². The van der Waals surface area contributed by atoms with Crippen molar-refractivity contribution in [2.75, 3.05) is 6.54 Å². The van der Waals surface area contributed by atoms with Crippen LogP contribution in [-0.2, 0) is 10.0 Å². The number of carboxylic acids is 1. The lowest BCUT2D eigenvalue weighted by atomic mass is 9.91. The summed E-state index contributed by atoms with van der Waals surface area (Å²) in [6, 6.07) is 2.24. The van der Waals surface area contributed by atoms with Crippen LogP contribution in [-0.4, -0.2) is 26.0 Å². The van der Waals surface area contributed by atoms with Crippen LogP contribution in [0.2, 0.25) is 0 Å². The van der Waals surface area contributed by atoms with E-state index in [0.717, 1.165) is 18.6 Å². The Labute approximate surface area is 106 Å². The molecule has 0 saturated carbocycles. The fraction of sp³-hybridized carbons (Fsp3) is 0.545. The van der Waals surface area contributed by atoms with Gasteiger partial charge in [-0.25, -0.2) is 17.9 Å². The van der Waals surface area contributed by atoms with Crippen LogP contribution in [0.3, 0.4) is 0 Å². The highest BCUT2D eigenvalue weighted by molar-refractivity contribution is 7.89. The van der Waals surface area contributed by atoms with Gasteiger partial charge in [0.2, 0.25) is 10.9 Å². The molecule has 1 rings (SSSR count). The van der Waals surface area contributed by atoms with E-state index in [1.165, 1.54) is 0 Å². The molecular formula is C11H17NO5S. The van der Waals surface area contributed by atoms with Crippen molar-refractivity contribution < 1.29 is 22.7 Å².